The van der Waals surface area contributed by atoms with Crippen molar-refractivity contribution in [2.75, 3.05) is 26.7 Å². The zero-order valence-electron chi connectivity index (χ0n) is 15.3. The first-order chi connectivity index (χ1) is 12.4. The zero-order valence-corrected chi connectivity index (χ0v) is 15.3. The maximum atomic E-state index is 12.9. The van der Waals surface area contributed by atoms with E-state index < -0.39 is 12.1 Å². The molecule has 1 heterocycles. The van der Waals surface area contributed by atoms with Crippen LogP contribution in [0.5, 0.6) is 0 Å². The lowest BCUT2D eigenvalue weighted by atomic mass is 10.1. The smallest absolute Gasteiger partial charge is 0.323 e. The first-order valence-electron chi connectivity index (χ1n) is 8.79. The quantitative estimate of drug-likeness (QED) is 0.832. The van der Waals surface area contributed by atoms with Gasteiger partial charge < -0.3 is 19.6 Å². The van der Waals surface area contributed by atoms with Crippen molar-refractivity contribution in [2.24, 2.45) is 0 Å². The van der Waals surface area contributed by atoms with Gasteiger partial charge in [-0.1, -0.05) is 30.3 Å². The van der Waals surface area contributed by atoms with Crippen molar-refractivity contribution >= 4 is 17.8 Å². The minimum Gasteiger partial charge on any atom is -0.480 e. The SMILES string of the molecule is COC(C(=O)N1CCCC(N(CC(=O)O)C(C)=O)CC1)c1ccccc1. The Morgan fingerprint density at radius 3 is 2.50 bits per heavy atom. The molecule has 0 radical (unpaired) electrons. The molecule has 2 atom stereocenters. The van der Waals surface area contributed by atoms with E-state index in [1.54, 1.807) is 4.90 Å². The normalized spacial score (nSPS) is 18.7. The predicted molar refractivity (Wildman–Crippen MR) is 95.4 cm³/mol. The molecule has 2 amide bonds. The summed E-state index contributed by atoms with van der Waals surface area (Å²) in [7, 11) is 1.51. The number of hydrogen-bond donors (Lipinski definition) is 1. The first kappa shape index (κ1) is 19.9. The van der Waals surface area contributed by atoms with Gasteiger partial charge in [0.2, 0.25) is 5.91 Å². The molecule has 1 aromatic carbocycles. The van der Waals surface area contributed by atoms with Crippen molar-refractivity contribution in [1.82, 2.24) is 9.80 Å². The average molecular weight is 362 g/mol. The van der Waals surface area contributed by atoms with E-state index in [2.05, 4.69) is 0 Å². The van der Waals surface area contributed by atoms with Crippen molar-refractivity contribution in [1.29, 1.82) is 0 Å². The molecule has 26 heavy (non-hydrogen) atoms. The van der Waals surface area contributed by atoms with E-state index in [1.807, 2.05) is 30.3 Å². The minimum absolute atomic E-state index is 0.105. The maximum absolute atomic E-state index is 12.9. The van der Waals surface area contributed by atoms with Crippen molar-refractivity contribution in [3.63, 3.8) is 0 Å². The van der Waals surface area contributed by atoms with Crippen LogP contribution in [0.4, 0.5) is 0 Å². The van der Waals surface area contributed by atoms with Crippen LogP contribution in [0.1, 0.15) is 37.9 Å². The van der Waals surface area contributed by atoms with Crippen LogP contribution in [-0.4, -0.2) is 65.5 Å². The fraction of sp³-hybridized carbons (Fsp3) is 0.526. The van der Waals surface area contributed by atoms with E-state index in [0.29, 0.717) is 32.4 Å². The highest BCUT2D eigenvalue weighted by atomic mass is 16.5. The summed E-state index contributed by atoms with van der Waals surface area (Å²) in [5.74, 6) is -1.39. The highest BCUT2D eigenvalue weighted by Crippen LogP contribution is 2.23. The Balaban J connectivity index is 2.06. The maximum Gasteiger partial charge on any atom is 0.323 e. The molecular weight excluding hydrogens is 336 g/mol. The molecule has 142 valence electrons. The summed E-state index contributed by atoms with van der Waals surface area (Å²) in [5, 5.41) is 9.03. The second-order valence-electron chi connectivity index (χ2n) is 6.48. The first-order valence-corrected chi connectivity index (χ1v) is 8.79. The molecule has 0 aliphatic carbocycles. The van der Waals surface area contributed by atoms with E-state index in [4.69, 9.17) is 9.84 Å². The molecule has 1 N–H and O–H groups in total. The fourth-order valence-corrected chi connectivity index (χ4v) is 3.43. The van der Waals surface area contributed by atoms with Gasteiger partial charge in [0.15, 0.2) is 6.10 Å². The van der Waals surface area contributed by atoms with Gasteiger partial charge >= 0.3 is 5.97 Å². The van der Waals surface area contributed by atoms with Crippen LogP contribution in [0.3, 0.4) is 0 Å². The Labute approximate surface area is 153 Å². The number of carbonyl (C=O) groups excluding carboxylic acids is 2. The zero-order chi connectivity index (χ0) is 19.1. The molecule has 2 rings (SSSR count). The summed E-state index contributed by atoms with van der Waals surface area (Å²) in [5.41, 5.74) is 0.803. The monoisotopic (exact) mass is 362 g/mol. The lowest BCUT2D eigenvalue weighted by Gasteiger charge is -2.29. The summed E-state index contributed by atoms with van der Waals surface area (Å²) in [4.78, 5) is 38.9. The third-order valence-electron chi connectivity index (χ3n) is 4.72. The minimum atomic E-state index is -1.03. The molecule has 1 saturated heterocycles. The summed E-state index contributed by atoms with van der Waals surface area (Å²) < 4.78 is 5.42. The van der Waals surface area contributed by atoms with Crippen molar-refractivity contribution in [2.45, 2.75) is 38.3 Å². The topological polar surface area (TPSA) is 87.2 Å². The third-order valence-corrected chi connectivity index (χ3v) is 4.72. The van der Waals surface area contributed by atoms with Crippen LogP contribution in [0.2, 0.25) is 0 Å². The molecule has 0 spiro atoms. The van der Waals surface area contributed by atoms with Gasteiger partial charge in [-0.3, -0.25) is 14.4 Å². The Morgan fingerprint density at radius 1 is 1.23 bits per heavy atom. The standard InChI is InChI=1S/C19H26N2O5/c1-14(22)21(13-17(23)24)16-9-6-11-20(12-10-16)19(25)18(26-2)15-7-4-3-5-8-15/h3-5,7-8,16,18H,6,9-13H2,1-2H3,(H,23,24). The summed E-state index contributed by atoms with van der Waals surface area (Å²) >= 11 is 0. The molecule has 1 fully saturated rings. The number of ether oxygens (including phenoxy) is 1. The number of hydrogen-bond acceptors (Lipinski definition) is 4. The lowest BCUT2D eigenvalue weighted by Crippen LogP contribution is -2.43. The number of carbonyl (C=O) groups is 3. The number of rotatable bonds is 6. The van der Waals surface area contributed by atoms with Crippen molar-refractivity contribution in [3.8, 4) is 0 Å². The van der Waals surface area contributed by atoms with Gasteiger partial charge in [0.25, 0.3) is 5.91 Å². The number of aliphatic carboxylic acids is 1. The predicted octanol–water partition coefficient (Wildman–Crippen LogP) is 1.69. The van der Waals surface area contributed by atoms with Gasteiger partial charge in [0.1, 0.15) is 6.54 Å². The molecule has 7 nitrogen and oxygen atoms in total. The number of carboxylic acid groups (broad SMARTS) is 1. The highest BCUT2D eigenvalue weighted by molar-refractivity contribution is 5.82. The molecule has 0 bridgehead atoms. The van der Waals surface area contributed by atoms with Crippen LogP contribution >= 0.6 is 0 Å². The lowest BCUT2D eigenvalue weighted by molar-refractivity contribution is -0.145. The van der Waals surface area contributed by atoms with E-state index >= 15 is 0 Å². The van der Waals surface area contributed by atoms with Crippen molar-refractivity contribution in [3.05, 3.63) is 35.9 Å². The average Bonchev–Trinajstić information content (AvgIpc) is 2.87. The summed E-state index contributed by atoms with van der Waals surface area (Å²) in [6, 6.07) is 9.16. The van der Waals surface area contributed by atoms with Gasteiger partial charge in [-0.2, -0.15) is 0 Å². The fourth-order valence-electron chi connectivity index (χ4n) is 3.43. The molecule has 7 heteroatoms. The van der Waals surface area contributed by atoms with E-state index in [1.165, 1.54) is 18.9 Å². The number of nitrogens with zero attached hydrogens (tertiary/aromatic N) is 2. The van der Waals surface area contributed by atoms with E-state index in [0.717, 1.165) is 5.56 Å². The van der Waals surface area contributed by atoms with Gasteiger partial charge in [0, 0.05) is 33.2 Å². The third kappa shape index (κ3) is 5.05. The van der Waals surface area contributed by atoms with Crippen LogP contribution in [0.15, 0.2) is 30.3 Å². The molecule has 1 aliphatic rings. The molecular formula is C19H26N2O5. The van der Waals surface area contributed by atoms with Crippen LogP contribution < -0.4 is 0 Å². The summed E-state index contributed by atoms with van der Waals surface area (Å²) in [6.07, 6.45) is 1.30. The number of methoxy groups -OCH3 is 1. The van der Waals surface area contributed by atoms with E-state index in [-0.39, 0.29) is 24.4 Å². The number of likely N-dealkylation sites (tertiary alicyclic amines) is 1. The summed E-state index contributed by atoms with van der Waals surface area (Å²) in [6.45, 7) is 2.12. The van der Waals surface area contributed by atoms with E-state index in [9.17, 15) is 14.4 Å². The van der Waals surface area contributed by atoms with Gasteiger partial charge in [0.05, 0.1) is 0 Å². The largest absolute Gasteiger partial charge is 0.480 e. The van der Waals surface area contributed by atoms with Gasteiger partial charge in [-0.15, -0.1) is 0 Å². The van der Waals surface area contributed by atoms with Crippen LogP contribution in [0, 0.1) is 0 Å². The second kappa shape index (κ2) is 9.33. The number of amides is 2. The number of benzene rings is 1. The van der Waals surface area contributed by atoms with Crippen LogP contribution in [0.25, 0.3) is 0 Å². The molecule has 1 aliphatic heterocycles. The molecule has 0 saturated carbocycles. The van der Waals surface area contributed by atoms with Crippen molar-refractivity contribution < 1.29 is 24.2 Å². The Morgan fingerprint density at radius 2 is 1.92 bits per heavy atom. The van der Waals surface area contributed by atoms with Gasteiger partial charge in [-0.05, 0) is 24.8 Å². The highest BCUT2D eigenvalue weighted by Gasteiger charge is 2.30. The Kier molecular flexibility index (Phi) is 7.15. The van der Waals surface area contributed by atoms with Gasteiger partial charge in [-0.25, -0.2) is 0 Å². The number of carboxylic acids is 1. The molecule has 1 aromatic rings. The molecule has 0 aromatic heterocycles. The molecule has 2 unspecified atom stereocenters. The van der Waals surface area contributed by atoms with Crippen LogP contribution in [-0.2, 0) is 19.1 Å². The second-order valence-corrected chi connectivity index (χ2v) is 6.48. The Hall–Kier alpha value is -2.41. The Bertz CT molecular complexity index is 634.